The van der Waals surface area contributed by atoms with Gasteiger partial charge >= 0.3 is 12.1 Å². The Hall–Kier alpha value is -2.68. The number of pyridine rings is 1. The third-order valence-electron chi connectivity index (χ3n) is 5.56. The smallest absolute Gasteiger partial charge is 0.475 e. The van der Waals surface area contributed by atoms with Gasteiger partial charge in [-0.25, -0.2) is 4.79 Å². The zero-order valence-corrected chi connectivity index (χ0v) is 18.0. The van der Waals surface area contributed by atoms with Crippen molar-refractivity contribution >= 4 is 22.8 Å². The van der Waals surface area contributed by atoms with Gasteiger partial charge in [-0.1, -0.05) is 19.1 Å². The first-order valence-electron chi connectivity index (χ1n) is 9.87. The molecule has 0 spiro atoms. The molecule has 1 aromatic carbocycles. The number of likely N-dealkylation sites (tertiary alicyclic amines) is 1. The zero-order chi connectivity index (χ0) is 23.6. The molecule has 9 heteroatoms. The maximum absolute atomic E-state index is 13.2. The number of carbonyl (C=O) groups is 2. The number of carbonyl (C=O) groups excluding carboxylic acids is 1. The number of halogens is 3. The fourth-order valence-electron chi connectivity index (χ4n) is 3.62. The molecule has 170 valence electrons. The van der Waals surface area contributed by atoms with Crippen LogP contribution in [0.3, 0.4) is 0 Å². The lowest BCUT2D eigenvalue weighted by Gasteiger charge is -2.39. The molecule has 1 amide bonds. The molecule has 1 unspecified atom stereocenters. The van der Waals surface area contributed by atoms with Gasteiger partial charge in [0.05, 0.1) is 17.7 Å². The standard InChI is InChI=1S/C20H26N2O2.C2HF3O2/c1-13-6-7-16-17(10-14(2)21-18(16)15(13)3)19(24)22-9-5-8-20(4,11-22)12-23;3-2(4,5)1(6)7/h6-7,10,23H,5,8-9,11-12H2,1-4H3;(H,6,7). The molecule has 1 fully saturated rings. The number of hydrogen-bond acceptors (Lipinski definition) is 4. The molecule has 2 aromatic rings. The van der Waals surface area contributed by atoms with Crippen LogP contribution in [0.4, 0.5) is 13.2 Å². The lowest BCUT2D eigenvalue weighted by molar-refractivity contribution is -0.192. The number of hydrogen-bond donors (Lipinski definition) is 2. The first-order chi connectivity index (χ1) is 14.3. The largest absolute Gasteiger partial charge is 0.490 e. The van der Waals surface area contributed by atoms with Crippen molar-refractivity contribution in [2.24, 2.45) is 5.41 Å². The molecular formula is C22H27F3N2O4. The number of aryl methyl sites for hydroxylation is 3. The predicted molar refractivity (Wildman–Crippen MR) is 110 cm³/mol. The second-order valence-corrected chi connectivity index (χ2v) is 8.32. The molecular weight excluding hydrogens is 413 g/mol. The van der Waals surface area contributed by atoms with Crippen LogP contribution in [-0.2, 0) is 4.79 Å². The van der Waals surface area contributed by atoms with Crippen molar-refractivity contribution in [3.05, 3.63) is 40.6 Å². The number of carboxylic acid groups (broad SMARTS) is 1. The number of carboxylic acids is 1. The van der Waals surface area contributed by atoms with Crippen LogP contribution in [0.25, 0.3) is 10.9 Å². The average molecular weight is 440 g/mol. The number of rotatable bonds is 2. The van der Waals surface area contributed by atoms with Crippen molar-refractivity contribution in [1.29, 1.82) is 0 Å². The molecule has 0 aliphatic carbocycles. The molecule has 2 N–H and O–H groups in total. The Morgan fingerprint density at radius 2 is 1.84 bits per heavy atom. The average Bonchev–Trinajstić information content (AvgIpc) is 2.70. The van der Waals surface area contributed by atoms with Gasteiger partial charge in [0.1, 0.15) is 0 Å². The second kappa shape index (κ2) is 9.21. The lowest BCUT2D eigenvalue weighted by Crippen LogP contribution is -2.46. The number of nitrogens with zero attached hydrogens (tertiary/aromatic N) is 2. The first-order valence-corrected chi connectivity index (χ1v) is 9.87. The van der Waals surface area contributed by atoms with E-state index in [1.165, 1.54) is 5.56 Å². The number of aromatic nitrogens is 1. The SMILES string of the molecule is Cc1cc(C(=O)N2CCCC(C)(CO)C2)c2ccc(C)c(C)c2n1.O=C(O)C(F)(F)F. The van der Waals surface area contributed by atoms with E-state index in [0.29, 0.717) is 6.54 Å². The highest BCUT2D eigenvalue weighted by molar-refractivity contribution is 6.07. The highest BCUT2D eigenvalue weighted by Gasteiger charge is 2.38. The summed E-state index contributed by atoms with van der Waals surface area (Å²) in [5, 5.41) is 17.7. The molecule has 1 aliphatic heterocycles. The summed E-state index contributed by atoms with van der Waals surface area (Å²) in [7, 11) is 0. The van der Waals surface area contributed by atoms with Crippen molar-refractivity contribution in [1.82, 2.24) is 9.88 Å². The van der Waals surface area contributed by atoms with Gasteiger partial charge in [-0.15, -0.1) is 0 Å². The Bertz CT molecular complexity index is 991. The number of benzene rings is 1. The Morgan fingerprint density at radius 3 is 2.39 bits per heavy atom. The minimum Gasteiger partial charge on any atom is -0.475 e. The van der Waals surface area contributed by atoms with Crippen molar-refractivity contribution in [2.75, 3.05) is 19.7 Å². The topological polar surface area (TPSA) is 90.7 Å². The summed E-state index contributed by atoms with van der Waals surface area (Å²) >= 11 is 0. The monoisotopic (exact) mass is 440 g/mol. The molecule has 1 aliphatic rings. The number of aliphatic hydroxyl groups is 1. The van der Waals surface area contributed by atoms with Crippen LogP contribution >= 0.6 is 0 Å². The van der Waals surface area contributed by atoms with Crippen molar-refractivity contribution in [3.63, 3.8) is 0 Å². The van der Waals surface area contributed by atoms with E-state index in [9.17, 15) is 23.1 Å². The van der Waals surface area contributed by atoms with Crippen LogP contribution in [0, 0.1) is 26.2 Å². The number of amides is 1. The fourth-order valence-corrected chi connectivity index (χ4v) is 3.62. The summed E-state index contributed by atoms with van der Waals surface area (Å²) in [6, 6.07) is 5.95. The third-order valence-corrected chi connectivity index (χ3v) is 5.56. The van der Waals surface area contributed by atoms with E-state index in [-0.39, 0.29) is 17.9 Å². The van der Waals surface area contributed by atoms with Gasteiger partial charge in [-0.05, 0) is 50.8 Å². The number of piperidine rings is 1. The number of aliphatic carboxylic acids is 1. The molecule has 0 saturated carbocycles. The van der Waals surface area contributed by atoms with Gasteiger partial charge in [0.25, 0.3) is 5.91 Å². The molecule has 3 rings (SSSR count). The van der Waals surface area contributed by atoms with Crippen LogP contribution in [0.1, 0.15) is 46.9 Å². The molecule has 2 heterocycles. The van der Waals surface area contributed by atoms with Crippen LogP contribution in [0.15, 0.2) is 18.2 Å². The minimum absolute atomic E-state index is 0.0492. The number of fused-ring (bicyclic) bond motifs is 1. The van der Waals surface area contributed by atoms with E-state index >= 15 is 0 Å². The predicted octanol–water partition coefficient (Wildman–Crippen LogP) is 4.03. The van der Waals surface area contributed by atoms with E-state index in [0.717, 1.165) is 47.1 Å². The Labute approximate surface area is 178 Å². The summed E-state index contributed by atoms with van der Waals surface area (Å²) in [6.45, 7) is 9.59. The normalized spacial score (nSPS) is 19.0. The number of alkyl halides is 3. The van der Waals surface area contributed by atoms with E-state index in [1.54, 1.807) is 0 Å². The lowest BCUT2D eigenvalue weighted by atomic mass is 9.82. The maximum Gasteiger partial charge on any atom is 0.490 e. The van der Waals surface area contributed by atoms with Crippen molar-refractivity contribution in [3.8, 4) is 0 Å². The molecule has 1 aromatic heterocycles. The highest BCUT2D eigenvalue weighted by Crippen LogP contribution is 2.31. The van der Waals surface area contributed by atoms with E-state index in [2.05, 4.69) is 31.8 Å². The third kappa shape index (κ3) is 5.72. The highest BCUT2D eigenvalue weighted by atomic mass is 19.4. The maximum atomic E-state index is 13.2. The molecule has 0 bridgehead atoms. The van der Waals surface area contributed by atoms with Gasteiger partial charge < -0.3 is 15.1 Å². The molecule has 6 nitrogen and oxygen atoms in total. The molecule has 1 saturated heterocycles. The van der Waals surface area contributed by atoms with Gasteiger partial charge in [0.2, 0.25) is 0 Å². The Kier molecular flexibility index (Phi) is 7.31. The summed E-state index contributed by atoms with van der Waals surface area (Å²) < 4.78 is 31.7. The fraction of sp³-hybridized carbons (Fsp3) is 0.500. The quantitative estimate of drug-likeness (QED) is 0.736. The minimum atomic E-state index is -5.08. The van der Waals surface area contributed by atoms with E-state index < -0.39 is 12.1 Å². The van der Waals surface area contributed by atoms with Gasteiger partial charge in [0.15, 0.2) is 0 Å². The van der Waals surface area contributed by atoms with Crippen LogP contribution in [0.5, 0.6) is 0 Å². The second-order valence-electron chi connectivity index (χ2n) is 8.32. The van der Waals surface area contributed by atoms with Crippen LogP contribution in [0.2, 0.25) is 0 Å². The summed E-state index contributed by atoms with van der Waals surface area (Å²) in [4.78, 5) is 28.6. The van der Waals surface area contributed by atoms with Gasteiger partial charge in [0, 0.05) is 29.6 Å². The molecule has 31 heavy (non-hydrogen) atoms. The van der Waals surface area contributed by atoms with Crippen molar-refractivity contribution < 1.29 is 33.0 Å². The number of aliphatic hydroxyl groups excluding tert-OH is 1. The summed E-state index contributed by atoms with van der Waals surface area (Å²) in [5.41, 5.74) is 4.62. The van der Waals surface area contributed by atoms with Gasteiger partial charge in [-0.2, -0.15) is 13.2 Å². The Morgan fingerprint density at radius 1 is 1.23 bits per heavy atom. The Balaban J connectivity index is 0.000000423. The summed E-state index contributed by atoms with van der Waals surface area (Å²) in [5.74, 6) is -2.71. The van der Waals surface area contributed by atoms with Crippen LogP contribution in [-0.4, -0.2) is 57.8 Å². The molecule has 1 atom stereocenters. The van der Waals surface area contributed by atoms with Gasteiger partial charge in [-0.3, -0.25) is 9.78 Å². The molecule has 0 radical (unpaired) electrons. The van der Waals surface area contributed by atoms with Crippen molar-refractivity contribution in [2.45, 2.75) is 46.7 Å². The van der Waals surface area contributed by atoms with E-state index in [1.807, 2.05) is 24.0 Å². The first kappa shape index (κ1) is 24.6. The van der Waals surface area contributed by atoms with Crippen LogP contribution < -0.4 is 0 Å². The summed E-state index contributed by atoms with van der Waals surface area (Å²) in [6.07, 6.45) is -3.19. The zero-order valence-electron chi connectivity index (χ0n) is 18.0. The van der Waals surface area contributed by atoms with E-state index in [4.69, 9.17) is 9.90 Å².